The molecule has 1 saturated heterocycles. The molecule has 7 nitrogen and oxygen atoms in total. The molecule has 1 aliphatic rings. The third-order valence-electron chi connectivity index (χ3n) is 2.75. The number of carboxylic acid groups (broad SMARTS) is 1. The van der Waals surface area contributed by atoms with E-state index in [2.05, 4.69) is 10.6 Å². The lowest BCUT2D eigenvalue weighted by atomic mass is 10.0. The van der Waals surface area contributed by atoms with Gasteiger partial charge in [0.2, 0.25) is 5.91 Å². The van der Waals surface area contributed by atoms with Gasteiger partial charge in [-0.1, -0.05) is 0 Å². The van der Waals surface area contributed by atoms with Gasteiger partial charge >= 0.3 is 5.97 Å². The maximum Gasteiger partial charge on any atom is 0.304 e. The highest BCUT2D eigenvalue weighted by Gasteiger charge is 2.39. The van der Waals surface area contributed by atoms with Gasteiger partial charge in [-0.25, -0.2) is 8.42 Å². The molecular weight excluding hydrogens is 260 g/mol. The first-order valence-corrected chi connectivity index (χ1v) is 7.49. The highest BCUT2D eigenvalue weighted by atomic mass is 32.2. The summed E-state index contributed by atoms with van der Waals surface area (Å²) < 4.78 is 22.7. The minimum atomic E-state index is -3.05. The number of rotatable bonds is 6. The van der Waals surface area contributed by atoms with Crippen LogP contribution < -0.4 is 10.6 Å². The molecule has 0 radical (unpaired) electrons. The molecule has 0 aliphatic carbocycles. The number of hydrogen-bond donors (Lipinski definition) is 3. The van der Waals surface area contributed by atoms with Crippen molar-refractivity contribution in [2.45, 2.75) is 25.3 Å². The molecule has 1 amide bonds. The third-order valence-corrected chi connectivity index (χ3v) is 4.65. The molecular formula is C10H18N2O5S. The van der Waals surface area contributed by atoms with Crippen LogP contribution in [0.2, 0.25) is 0 Å². The van der Waals surface area contributed by atoms with Crippen molar-refractivity contribution in [2.24, 2.45) is 0 Å². The maximum atomic E-state index is 11.5. The Morgan fingerprint density at radius 2 is 2.06 bits per heavy atom. The van der Waals surface area contributed by atoms with Crippen LogP contribution >= 0.6 is 0 Å². The lowest BCUT2D eigenvalue weighted by Gasteiger charge is -2.23. The number of sulfone groups is 1. The Morgan fingerprint density at radius 3 is 2.56 bits per heavy atom. The van der Waals surface area contributed by atoms with Crippen LogP contribution in [0.3, 0.4) is 0 Å². The van der Waals surface area contributed by atoms with E-state index in [0.717, 1.165) is 0 Å². The van der Waals surface area contributed by atoms with Crippen LogP contribution in [-0.4, -0.2) is 55.5 Å². The van der Waals surface area contributed by atoms with E-state index >= 15 is 0 Å². The molecule has 18 heavy (non-hydrogen) atoms. The summed E-state index contributed by atoms with van der Waals surface area (Å²) in [5.74, 6) is -1.20. The molecule has 8 heteroatoms. The topological polar surface area (TPSA) is 113 Å². The van der Waals surface area contributed by atoms with Crippen molar-refractivity contribution in [3.05, 3.63) is 0 Å². The molecule has 0 saturated carbocycles. The van der Waals surface area contributed by atoms with Crippen molar-refractivity contribution in [3.8, 4) is 0 Å². The minimum Gasteiger partial charge on any atom is -0.481 e. The zero-order valence-corrected chi connectivity index (χ0v) is 11.0. The fourth-order valence-electron chi connectivity index (χ4n) is 1.89. The Morgan fingerprint density at radius 1 is 1.39 bits per heavy atom. The van der Waals surface area contributed by atoms with Gasteiger partial charge in [0.05, 0.1) is 30.0 Å². The first-order valence-electron chi connectivity index (χ1n) is 5.66. The molecule has 0 aromatic heterocycles. The average Bonchev–Trinajstić information content (AvgIpc) is 2.47. The first-order chi connectivity index (χ1) is 8.22. The van der Waals surface area contributed by atoms with Gasteiger partial charge < -0.3 is 15.7 Å². The lowest BCUT2D eigenvalue weighted by Crippen LogP contribution is -2.49. The molecule has 0 aromatic carbocycles. The van der Waals surface area contributed by atoms with Crippen molar-refractivity contribution in [2.75, 3.05) is 24.6 Å². The van der Waals surface area contributed by atoms with Crippen LogP contribution in [0.5, 0.6) is 0 Å². The van der Waals surface area contributed by atoms with Crippen LogP contribution in [-0.2, 0) is 19.4 Å². The van der Waals surface area contributed by atoms with Crippen LogP contribution in [0.25, 0.3) is 0 Å². The van der Waals surface area contributed by atoms with Gasteiger partial charge in [-0.05, 0) is 13.3 Å². The molecule has 1 atom stereocenters. The Labute approximate surface area is 106 Å². The molecule has 1 aliphatic heterocycles. The molecule has 1 rings (SSSR count). The third kappa shape index (κ3) is 5.01. The second-order valence-electron chi connectivity index (χ2n) is 4.77. The van der Waals surface area contributed by atoms with E-state index < -0.39 is 21.3 Å². The standard InChI is InChI=1S/C10H18N2O5S/c1-10(3-5-18(16,17)7-10)12-8(13)6-11-4-2-9(14)15/h11H,2-7H2,1H3,(H,12,13)(H,14,15). The van der Waals surface area contributed by atoms with Crippen molar-refractivity contribution in [1.82, 2.24) is 10.6 Å². The van der Waals surface area contributed by atoms with Gasteiger partial charge in [-0.3, -0.25) is 9.59 Å². The molecule has 104 valence electrons. The molecule has 0 bridgehead atoms. The molecule has 0 spiro atoms. The Balaban J connectivity index is 2.30. The monoisotopic (exact) mass is 278 g/mol. The predicted molar refractivity (Wildman–Crippen MR) is 64.9 cm³/mol. The van der Waals surface area contributed by atoms with Crippen molar-refractivity contribution < 1.29 is 23.1 Å². The number of carbonyl (C=O) groups is 2. The van der Waals surface area contributed by atoms with Crippen LogP contribution in [0.4, 0.5) is 0 Å². The Kier molecular flexibility index (Phi) is 4.69. The van der Waals surface area contributed by atoms with Crippen molar-refractivity contribution in [1.29, 1.82) is 0 Å². The van der Waals surface area contributed by atoms with Crippen LogP contribution in [0.15, 0.2) is 0 Å². The van der Waals surface area contributed by atoms with Crippen molar-refractivity contribution >= 4 is 21.7 Å². The predicted octanol–water partition coefficient (Wildman–Crippen LogP) is -1.26. The number of aliphatic carboxylic acids is 1. The fraction of sp³-hybridized carbons (Fsp3) is 0.800. The number of carbonyl (C=O) groups excluding carboxylic acids is 1. The van der Waals surface area contributed by atoms with Gasteiger partial charge in [0.1, 0.15) is 0 Å². The van der Waals surface area contributed by atoms with Gasteiger partial charge in [0.25, 0.3) is 0 Å². The quantitative estimate of drug-likeness (QED) is 0.523. The minimum absolute atomic E-state index is 0.0110. The lowest BCUT2D eigenvalue weighted by molar-refractivity contribution is -0.137. The van der Waals surface area contributed by atoms with E-state index in [4.69, 9.17) is 5.11 Å². The second-order valence-corrected chi connectivity index (χ2v) is 6.96. The highest BCUT2D eigenvalue weighted by Crippen LogP contribution is 2.22. The summed E-state index contributed by atoms with van der Waals surface area (Å²) in [6.45, 7) is 1.90. The zero-order chi connectivity index (χ0) is 13.8. The SMILES string of the molecule is CC1(NC(=O)CNCCC(=O)O)CCS(=O)(=O)C1. The second kappa shape index (κ2) is 5.66. The summed E-state index contributed by atoms with van der Waals surface area (Å²) in [6.07, 6.45) is 0.356. The van der Waals surface area contributed by atoms with Gasteiger partial charge in [-0.15, -0.1) is 0 Å². The summed E-state index contributed by atoms with van der Waals surface area (Å²) in [7, 11) is -3.05. The number of carboxylic acids is 1. The van der Waals surface area contributed by atoms with Crippen LogP contribution in [0, 0.1) is 0 Å². The zero-order valence-electron chi connectivity index (χ0n) is 10.2. The van der Waals surface area contributed by atoms with E-state index in [1.165, 1.54) is 0 Å². The summed E-state index contributed by atoms with van der Waals surface area (Å²) in [4.78, 5) is 21.8. The highest BCUT2D eigenvalue weighted by molar-refractivity contribution is 7.91. The van der Waals surface area contributed by atoms with E-state index in [1.807, 2.05) is 0 Å². The summed E-state index contributed by atoms with van der Waals surface area (Å²) in [5.41, 5.74) is -0.704. The summed E-state index contributed by atoms with van der Waals surface area (Å²) >= 11 is 0. The molecule has 0 aromatic rings. The maximum absolute atomic E-state index is 11.5. The van der Waals surface area contributed by atoms with Gasteiger partial charge in [0.15, 0.2) is 9.84 Å². The van der Waals surface area contributed by atoms with E-state index in [-0.39, 0.29) is 36.9 Å². The van der Waals surface area contributed by atoms with E-state index in [1.54, 1.807) is 6.92 Å². The molecule has 3 N–H and O–H groups in total. The number of hydrogen-bond acceptors (Lipinski definition) is 5. The van der Waals surface area contributed by atoms with Crippen LogP contribution in [0.1, 0.15) is 19.8 Å². The largest absolute Gasteiger partial charge is 0.481 e. The number of amides is 1. The number of nitrogens with one attached hydrogen (secondary N) is 2. The Bertz CT molecular complexity index is 434. The van der Waals surface area contributed by atoms with Gasteiger partial charge in [0, 0.05) is 6.54 Å². The summed E-state index contributed by atoms with van der Waals surface area (Å²) in [6, 6.07) is 0. The molecule has 1 unspecified atom stereocenters. The normalized spacial score (nSPS) is 25.8. The van der Waals surface area contributed by atoms with Crippen molar-refractivity contribution in [3.63, 3.8) is 0 Å². The van der Waals surface area contributed by atoms with E-state index in [0.29, 0.717) is 6.42 Å². The smallest absolute Gasteiger partial charge is 0.304 e. The van der Waals surface area contributed by atoms with Gasteiger partial charge in [-0.2, -0.15) is 0 Å². The average molecular weight is 278 g/mol. The Hall–Kier alpha value is -1.15. The van der Waals surface area contributed by atoms with E-state index in [9.17, 15) is 18.0 Å². The summed E-state index contributed by atoms with van der Waals surface area (Å²) in [5, 5.41) is 13.8. The fourth-order valence-corrected chi connectivity index (χ4v) is 3.98. The first kappa shape index (κ1) is 14.9. The molecule has 1 fully saturated rings. The molecule has 1 heterocycles.